The number of nitrogens with zero attached hydrogens (tertiary/aromatic N) is 6. The van der Waals surface area contributed by atoms with Gasteiger partial charge in [-0.15, -0.1) is 0 Å². The standard InChI is InChI=1S/C16H24N6O2S/c1-4-22-16(5-7-19-22)15-11-17-14(10-18-15)9-13-6-8-21(12-13)25(23,24)20(2)3/h5,7,10-11,13H,4,6,8-9,12H2,1-3H3. The molecule has 3 rings (SSSR count). The first-order valence-corrected chi connectivity index (χ1v) is 9.82. The molecule has 0 radical (unpaired) electrons. The first-order chi connectivity index (χ1) is 11.9. The topological polar surface area (TPSA) is 84.2 Å². The fraction of sp³-hybridized carbons (Fsp3) is 0.562. The van der Waals surface area contributed by atoms with Crippen molar-refractivity contribution in [3.05, 3.63) is 30.4 Å². The van der Waals surface area contributed by atoms with E-state index in [9.17, 15) is 8.42 Å². The van der Waals surface area contributed by atoms with Crippen LogP contribution in [0.3, 0.4) is 0 Å². The summed E-state index contributed by atoms with van der Waals surface area (Å²) in [4.78, 5) is 9.02. The van der Waals surface area contributed by atoms with Gasteiger partial charge in [-0.3, -0.25) is 14.6 Å². The van der Waals surface area contributed by atoms with Gasteiger partial charge in [0.25, 0.3) is 10.2 Å². The molecule has 0 N–H and O–H groups in total. The van der Waals surface area contributed by atoms with Gasteiger partial charge in [0.15, 0.2) is 0 Å². The molecule has 0 saturated carbocycles. The first-order valence-electron chi connectivity index (χ1n) is 8.42. The van der Waals surface area contributed by atoms with Crippen LogP contribution in [-0.2, 0) is 23.2 Å². The fourth-order valence-corrected chi connectivity index (χ4v) is 4.29. The van der Waals surface area contributed by atoms with Crippen LogP contribution in [0.1, 0.15) is 19.0 Å². The summed E-state index contributed by atoms with van der Waals surface area (Å²) >= 11 is 0. The van der Waals surface area contributed by atoms with Gasteiger partial charge in [-0.05, 0) is 31.7 Å². The van der Waals surface area contributed by atoms with Crippen LogP contribution in [0, 0.1) is 5.92 Å². The fourth-order valence-electron chi connectivity index (χ4n) is 3.09. The molecule has 1 atom stereocenters. The third kappa shape index (κ3) is 3.73. The van der Waals surface area contributed by atoms with Crippen LogP contribution >= 0.6 is 0 Å². The predicted molar refractivity (Wildman–Crippen MR) is 94.9 cm³/mol. The van der Waals surface area contributed by atoms with E-state index in [0.717, 1.165) is 36.5 Å². The summed E-state index contributed by atoms with van der Waals surface area (Å²) in [6.07, 6.45) is 6.89. The summed E-state index contributed by atoms with van der Waals surface area (Å²) in [5.74, 6) is 0.274. The number of rotatable bonds is 6. The van der Waals surface area contributed by atoms with Gasteiger partial charge in [0.05, 0.1) is 17.6 Å². The summed E-state index contributed by atoms with van der Waals surface area (Å²) in [6.45, 7) is 3.91. The lowest BCUT2D eigenvalue weighted by Gasteiger charge is -2.20. The van der Waals surface area contributed by atoms with Gasteiger partial charge in [0.1, 0.15) is 5.69 Å². The molecule has 1 aliphatic rings. The molecule has 0 amide bonds. The predicted octanol–water partition coefficient (Wildman–Crippen LogP) is 1.03. The smallest absolute Gasteiger partial charge is 0.264 e. The molecule has 8 nitrogen and oxygen atoms in total. The molecule has 0 aromatic carbocycles. The largest absolute Gasteiger partial charge is 0.281 e. The second-order valence-electron chi connectivity index (χ2n) is 6.43. The minimum Gasteiger partial charge on any atom is -0.264 e. The zero-order chi connectivity index (χ0) is 18.0. The maximum atomic E-state index is 12.2. The number of hydrogen-bond donors (Lipinski definition) is 0. The summed E-state index contributed by atoms with van der Waals surface area (Å²) in [5.41, 5.74) is 2.64. The molecule has 0 aliphatic carbocycles. The van der Waals surface area contributed by atoms with Crippen molar-refractivity contribution in [2.24, 2.45) is 5.92 Å². The Labute approximate surface area is 148 Å². The molecule has 1 aliphatic heterocycles. The number of aromatic nitrogens is 4. The average molecular weight is 364 g/mol. The van der Waals surface area contributed by atoms with Gasteiger partial charge in [-0.1, -0.05) is 0 Å². The lowest BCUT2D eigenvalue weighted by molar-refractivity contribution is 0.409. The summed E-state index contributed by atoms with van der Waals surface area (Å²) < 4.78 is 29.1. The molecular formula is C16H24N6O2S. The zero-order valence-corrected chi connectivity index (χ0v) is 15.6. The van der Waals surface area contributed by atoms with Crippen molar-refractivity contribution in [2.75, 3.05) is 27.2 Å². The summed E-state index contributed by atoms with van der Waals surface area (Å²) in [6, 6.07) is 1.92. The van der Waals surface area contributed by atoms with Gasteiger partial charge in [-0.25, -0.2) is 0 Å². The van der Waals surface area contributed by atoms with Crippen molar-refractivity contribution in [1.29, 1.82) is 0 Å². The molecule has 1 saturated heterocycles. The monoisotopic (exact) mass is 364 g/mol. The van der Waals surface area contributed by atoms with E-state index < -0.39 is 10.2 Å². The van der Waals surface area contributed by atoms with E-state index in [0.29, 0.717) is 13.1 Å². The van der Waals surface area contributed by atoms with Gasteiger partial charge in [0.2, 0.25) is 0 Å². The van der Waals surface area contributed by atoms with E-state index in [4.69, 9.17) is 0 Å². The van der Waals surface area contributed by atoms with Crippen molar-refractivity contribution in [1.82, 2.24) is 28.4 Å². The molecule has 2 aromatic rings. The van der Waals surface area contributed by atoms with Crippen molar-refractivity contribution >= 4 is 10.2 Å². The molecule has 2 aromatic heterocycles. The highest BCUT2D eigenvalue weighted by molar-refractivity contribution is 7.86. The van der Waals surface area contributed by atoms with Gasteiger partial charge in [0, 0.05) is 46.1 Å². The van der Waals surface area contributed by atoms with Crippen molar-refractivity contribution < 1.29 is 8.42 Å². The first kappa shape index (κ1) is 18.0. The quantitative estimate of drug-likeness (QED) is 0.764. The molecule has 1 fully saturated rings. The highest BCUT2D eigenvalue weighted by atomic mass is 32.2. The summed E-state index contributed by atoms with van der Waals surface area (Å²) in [7, 11) is -0.198. The Bertz CT molecular complexity index is 815. The molecule has 0 bridgehead atoms. The number of aryl methyl sites for hydroxylation is 1. The van der Waals surface area contributed by atoms with Gasteiger partial charge >= 0.3 is 0 Å². The van der Waals surface area contributed by atoms with Crippen LogP contribution < -0.4 is 0 Å². The SMILES string of the molecule is CCn1nccc1-c1cnc(CC2CCN(S(=O)(=O)N(C)C)C2)cn1. The minimum atomic E-state index is -3.32. The van der Waals surface area contributed by atoms with Crippen LogP contribution in [0.25, 0.3) is 11.4 Å². The van der Waals surface area contributed by atoms with E-state index in [1.54, 1.807) is 37.0 Å². The highest BCUT2D eigenvalue weighted by Crippen LogP contribution is 2.24. The zero-order valence-electron chi connectivity index (χ0n) is 14.8. The molecule has 0 spiro atoms. The van der Waals surface area contributed by atoms with Crippen LogP contribution in [0.5, 0.6) is 0 Å². The second-order valence-corrected chi connectivity index (χ2v) is 8.57. The third-order valence-corrected chi connectivity index (χ3v) is 6.43. The normalized spacial score (nSPS) is 19.0. The average Bonchev–Trinajstić information content (AvgIpc) is 3.24. The Morgan fingerprint density at radius 2 is 2.08 bits per heavy atom. The Morgan fingerprint density at radius 3 is 2.72 bits per heavy atom. The molecule has 25 heavy (non-hydrogen) atoms. The number of hydrogen-bond acceptors (Lipinski definition) is 5. The Hall–Kier alpha value is -1.84. The summed E-state index contributed by atoms with van der Waals surface area (Å²) in [5, 5.41) is 4.24. The van der Waals surface area contributed by atoms with Crippen LogP contribution in [0.15, 0.2) is 24.7 Å². The van der Waals surface area contributed by atoms with Crippen LogP contribution in [-0.4, -0.2) is 64.0 Å². The third-order valence-electron chi connectivity index (χ3n) is 4.52. The van der Waals surface area contributed by atoms with Gasteiger partial charge < -0.3 is 0 Å². The van der Waals surface area contributed by atoms with Crippen LogP contribution in [0.2, 0.25) is 0 Å². The maximum absolute atomic E-state index is 12.2. The second kappa shape index (κ2) is 7.19. The van der Waals surface area contributed by atoms with E-state index in [2.05, 4.69) is 15.1 Å². The minimum absolute atomic E-state index is 0.274. The Morgan fingerprint density at radius 1 is 1.28 bits per heavy atom. The van der Waals surface area contributed by atoms with Crippen molar-refractivity contribution in [3.63, 3.8) is 0 Å². The maximum Gasteiger partial charge on any atom is 0.281 e. The Balaban J connectivity index is 1.65. The molecular weight excluding hydrogens is 340 g/mol. The molecule has 1 unspecified atom stereocenters. The van der Waals surface area contributed by atoms with Crippen molar-refractivity contribution in [2.45, 2.75) is 26.3 Å². The van der Waals surface area contributed by atoms with E-state index in [-0.39, 0.29) is 5.92 Å². The lowest BCUT2D eigenvalue weighted by Crippen LogP contribution is -2.38. The molecule has 9 heteroatoms. The highest BCUT2D eigenvalue weighted by Gasteiger charge is 2.32. The van der Waals surface area contributed by atoms with Crippen molar-refractivity contribution in [3.8, 4) is 11.4 Å². The van der Waals surface area contributed by atoms with Gasteiger partial charge in [-0.2, -0.15) is 22.1 Å². The molecule has 136 valence electrons. The van der Waals surface area contributed by atoms with E-state index in [1.165, 1.54) is 4.31 Å². The van der Waals surface area contributed by atoms with E-state index >= 15 is 0 Å². The Kier molecular flexibility index (Phi) is 5.16. The lowest BCUT2D eigenvalue weighted by atomic mass is 10.0. The molecule has 3 heterocycles. The van der Waals surface area contributed by atoms with Crippen LogP contribution in [0.4, 0.5) is 0 Å². The van der Waals surface area contributed by atoms with E-state index in [1.807, 2.05) is 17.7 Å².